The summed E-state index contributed by atoms with van der Waals surface area (Å²) in [6.45, 7) is 15.8. The van der Waals surface area contributed by atoms with Crippen molar-refractivity contribution >= 4 is 0 Å². The molecule has 1 N–H and O–H groups in total. The average molecular weight is 326 g/mol. The third kappa shape index (κ3) is 14.8. The van der Waals surface area contributed by atoms with E-state index in [2.05, 4.69) is 39.6 Å². The van der Waals surface area contributed by atoms with Gasteiger partial charge in [-0.25, -0.2) is 0 Å². The van der Waals surface area contributed by atoms with Crippen LogP contribution in [0.4, 0.5) is 0 Å². The molecule has 138 valence electrons. The summed E-state index contributed by atoms with van der Waals surface area (Å²) in [6, 6.07) is 0. The standard InChI is InChI=1S/C21H43NO/c1-6-9-10-11-12-13-15-22-20(5)17-23-18-21(14-7-2)16-19(4)8-3/h19,21-22H,5-18H2,1-4H3. The van der Waals surface area contributed by atoms with Gasteiger partial charge in [-0.05, 0) is 31.1 Å². The third-order valence-electron chi connectivity index (χ3n) is 4.66. The van der Waals surface area contributed by atoms with Crippen LogP contribution in [-0.4, -0.2) is 19.8 Å². The van der Waals surface area contributed by atoms with Crippen molar-refractivity contribution in [1.82, 2.24) is 5.32 Å². The Morgan fingerprint density at radius 2 is 1.70 bits per heavy atom. The lowest BCUT2D eigenvalue weighted by Crippen LogP contribution is -2.20. The normalized spacial score (nSPS) is 13.7. The number of hydrogen-bond donors (Lipinski definition) is 1. The van der Waals surface area contributed by atoms with Gasteiger partial charge in [0.15, 0.2) is 0 Å². The second kappa shape index (κ2) is 16.4. The van der Waals surface area contributed by atoms with Crippen molar-refractivity contribution in [3.8, 4) is 0 Å². The molecule has 2 unspecified atom stereocenters. The van der Waals surface area contributed by atoms with Crippen molar-refractivity contribution in [2.45, 2.75) is 91.9 Å². The van der Waals surface area contributed by atoms with Gasteiger partial charge in [-0.2, -0.15) is 0 Å². The van der Waals surface area contributed by atoms with Crippen molar-refractivity contribution in [3.63, 3.8) is 0 Å². The van der Waals surface area contributed by atoms with E-state index in [4.69, 9.17) is 4.74 Å². The minimum absolute atomic E-state index is 0.663. The van der Waals surface area contributed by atoms with Crippen LogP contribution >= 0.6 is 0 Å². The molecule has 0 aromatic heterocycles. The lowest BCUT2D eigenvalue weighted by molar-refractivity contribution is 0.100. The van der Waals surface area contributed by atoms with Gasteiger partial charge in [0, 0.05) is 18.8 Å². The predicted octanol–water partition coefficient (Wildman–Crippen LogP) is 6.32. The van der Waals surface area contributed by atoms with Gasteiger partial charge < -0.3 is 10.1 Å². The summed E-state index contributed by atoms with van der Waals surface area (Å²) >= 11 is 0. The van der Waals surface area contributed by atoms with Gasteiger partial charge in [0.05, 0.1) is 6.61 Å². The molecule has 0 heterocycles. The maximum Gasteiger partial charge on any atom is 0.0856 e. The van der Waals surface area contributed by atoms with Gasteiger partial charge in [-0.1, -0.05) is 79.2 Å². The third-order valence-corrected chi connectivity index (χ3v) is 4.66. The van der Waals surface area contributed by atoms with Crippen LogP contribution in [0.5, 0.6) is 0 Å². The number of ether oxygens (including phenoxy) is 1. The molecule has 0 bridgehead atoms. The van der Waals surface area contributed by atoms with Gasteiger partial charge in [0.1, 0.15) is 0 Å². The Bertz CT molecular complexity index is 265. The Kier molecular flexibility index (Phi) is 16.0. The Labute approximate surface area is 146 Å². The second-order valence-electron chi connectivity index (χ2n) is 7.22. The maximum atomic E-state index is 5.90. The Morgan fingerprint density at radius 1 is 1.00 bits per heavy atom. The summed E-state index contributed by atoms with van der Waals surface area (Å²) in [7, 11) is 0. The van der Waals surface area contributed by atoms with Crippen LogP contribution in [0, 0.1) is 11.8 Å². The molecule has 0 aromatic carbocycles. The van der Waals surface area contributed by atoms with Crippen molar-refractivity contribution in [2.75, 3.05) is 19.8 Å². The van der Waals surface area contributed by atoms with Crippen molar-refractivity contribution < 1.29 is 4.74 Å². The Balaban J connectivity index is 3.62. The molecule has 0 amide bonds. The van der Waals surface area contributed by atoms with E-state index in [1.54, 1.807) is 0 Å². The smallest absolute Gasteiger partial charge is 0.0856 e. The molecule has 2 heteroatoms. The number of unbranched alkanes of at least 4 members (excludes halogenated alkanes) is 5. The molecule has 0 saturated heterocycles. The SMILES string of the molecule is C=C(COCC(CCC)CC(C)CC)NCCCCCCCC. The largest absolute Gasteiger partial charge is 0.387 e. The molecule has 0 aliphatic heterocycles. The van der Waals surface area contributed by atoms with Crippen LogP contribution in [-0.2, 0) is 4.74 Å². The fourth-order valence-electron chi connectivity index (χ4n) is 2.98. The molecule has 0 rings (SSSR count). The second-order valence-corrected chi connectivity index (χ2v) is 7.22. The van der Waals surface area contributed by atoms with Crippen LogP contribution in [0.1, 0.15) is 91.9 Å². The summed E-state index contributed by atoms with van der Waals surface area (Å²) in [4.78, 5) is 0. The summed E-state index contributed by atoms with van der Waals surface area (Å²) in [5.74, 6) is 1.52. The van der Waals surface area contributed by atoms with Crippen molar-refractivity contribution in [3.05, 3.63) is 12.3 Å². The summed E-state index contributed by atoms with van der Waals surface area (Å²) in [5, 5.41) is 3.41. The van der Waals surface area contributed by atoms with E-state index in [9.17, 15) is 0 Å². The van der Waals surface area contributed by atoms with Crippen LogP contribution in [0.2, 0.25) is 0 Å². The van der Waals surface area contributed by atoms with E-state index in [0.717, 1.165) is 24.8 Å². The minimum Gasteiger partial charge on any atom is -0.387 e. The van der Waals surface area contributed by atoms with Gasteiger partial charge in [0.25, 0.3) is 0 Å². The van der Waals surface area contributed by atoms with Gasteiger partial charge in [-0.3, -0.25) is 0 Å². The van der Waals surface area contributed by atoms with E-state index < -0.39 is 0 Å². The van der Waals surface area contributed by atoms with Crippen molar-refractivity contribution in [2.24, 2.45) is 11.8 Å². The number of nitrogens with one attached hydrogen (secondary N) is 1. The Morgan fingerprint density at radius 3 is 2.35 bits per heavy atom. The lowest BCUT2D eigenvalue weighted by atomic mass is 9.91. The molecule has 2 atom stereocenters. The topological polar surface area (TPSA) is 21.3 Å². The zero-order valence-electron chi connectivity index (χ0n) is 16.5. The molecular weight excluding hydrogens is 282 g/mol. The molecule has 0 spiro atoms. The summed E-state index contributed by atoms with van der Waals surface area (Å²) < 4.78 is 5.90. The van der Waals surface area contributed by atoms with Gasteiger partial charge in [-0.15, -0.1) is 0 Å². The molecule has 23 heavy (non-hydrogen) atoms. The highest BCUT2D eigenvalue weighted by Crippen LogP contribution is 2.20. The van der Waals surface area contributed by atoms with Crippen LogP contribution in [0.15, 0.2) is 12.3 Å². The fourth-order valence-corrected chi connectivity index (χ4v) is 2.98. The van der Waals surface area contributed by atoms with E-state index in [1.165, 1.54) is 64.2 Å². The van der Waals surface area contributed by atoms with Gasteiger partial charge >= 0.3 is 0 Å². The monoisotopic (exact) mass is 325 g/mol. The first-order valence-electron chi connectivity index (χ1n) is 10.1. The van der Waals surface area contributed by atoms with E-state index in [0.29, 0.717) is 12.5 Å². The summed E-state index contributed by atoms with van der Waals surface area (Å²) in [5.41, 5.74) is 1.04. The van der Waals surface area contributed by atoms with Gasteiger partial charge in [0.2, 0.25) is 0 Å². The van der Waals surface area contributed by atoms with E-state index in [-0.39, 0.29) is 0 Å². The molecule has 0 aliphatic carbocycles. The molecule has 0 fully saturated rings. The highest BCUT2D eigenvalue weighted by molar-refractivity contribution is 4.90. The minimum atomic E-state index is 0.663. The Hall–Kier alpha value is -0.500. The quantitative estimate of drug-likeness (QED) is 0.316. The maximum absolute atomic E-state index is 5.90. The highest BCUT2D eigenvalue weighted by Gasteiger charge is 2.12. The first-order valence-corrected chi connectivity index (χ1v) is 10.1. The first kappa shape index (κ1) is 22.5. The molecular formula is C21H43NO. The zero-order chi connectivity index (χ0) is 17.3. The molecule has 2 nitrogen and oxygen atoms in total. The number of hydrogen-bond acceptors (Lipinski definition) is 2. The molecule has 0 aliphatic rings. The van der Waals surface area contributed by atoms with Crippen LogP contribution in [0.3, 0.4) is 0 Å². The molecule has 0 radical (unpaired) electrons. The lowest BCUT2D eigenvalue weighted by Gasteiger charge is -2.20. The highest BCUT2D eigenvalue weighted by atomic mass is 16.5. The fraction of sp³-hybridized carbons (Fsp3) is 0.905. The van der Waals surface area contributed by atoms with E-state index >= 15 is 0 Å². The van der Waals surface area contributed by atoms with Crippen molar-refractivity contribution in [1.29, 1.82) is 0 Å². The summed E-state index contributed by atoms with van der Waals surface area (Å²) in [6.07, 6.45) is 13.1. The first-order chi connectivity index (χ1) is 11.1. The van der Waals surface area contributed by atoms with Crippen LogP contribution in [0.25, 0.3) is 0 Å². The molecule has 0 aromatic rings. The number of rotatable bonds is 17. The average Bonchev–Trinajstić information content (AvgIpc) is 2.54. The van der Waals surface area contributed by atoms with Crippen LogP contribution < -0.4 is 5.32 Å². The zero-order valence-corrected chi connectivity index (χ0v) is 16.5. The van der Waals surface area contributed by atoms with E-state index in [1.807, 2.05) is 0 Å². The predicted molar refractivity (Wildman–Crippen MR) is 104 cm³/mol. The molecule has 0 saturated carbocycles.